The zero-order valence-electron chi connectivity index (χ0n) is 15.0. The molecule has 26 heavy (non-hydrogen) atoms. The van der Waals surface area contributed by atoms with E-state index < -0.39 is 23.5 Å². The first-order valence-electron chi connectivity index (χ1n) is 8.47. The molecule has 0 bridgehead atoms. The van der Waals surface area contributed by atoms with Gasteiger partial charge in [-0.25, -0.2) is 4.79 Å². The summed E-state index contributed by atoms with van der Waals surface area (Å²) < 4.78 is 11.0. The molecule has 0 unspecified atom stereocenters. The van der Waals surface area contributed by atoms with Crippen LogP contribution in [0, 0.1) is 20.8 Å². The quantitative estimate of drug-likeness (QED) is 0.751. The lowest BCUT2D eigenvalue weighted by atomic mass is 10.0. The van der Waals surface area contributed by atoms with Crippen molar-refractivity contribution in [2.75, 3.05) is 13.2 Å². The van der Waals surface area contributed by atoms with E-state index in [4.69, 9.17) is 9.15 Å². The van der Waals surface area contributed by atoms with Gasteiger partial charge in [0.2, 0.25) is 0 Å². The Morgan fingerprint density at radius 1 is 1.27 bits per heavy atom. The maximum absolute atomic E-state index is 12.4. The van der Waals surface area contributed by atoms with E-state index in [9.17, 15) is 19.5 Å². The monoisotopic (exact) mass is 358 g/mol. The second kappa shape index (κ2) is 6.82. The van der Waals surface area contributed by atoms with E-state index in [0.717, 1.165) is 11.1 Å². The smallest absolute Gasteiger partial charge is 0.339 e. The molecule has 1 aromatic carbocycles. The Kier molecular flexibility index (Phi) is 4.71. The molecule has 7 heteroatoms. The predicted octanol–water partition coefficient (Wildman–Crippen LogP) is 0.838. The van der Waals surface area contributed by atoms with Crippen molar-refractivity contribution in [3.8, 4) is 5.75 Å². The minimum atomic E-state index is -1.25. The molecular weight excluding hydrogens is 338 g/mol. The Morgan fingerprint density at radius 2 is 2.00 bits per heavy atom. The number of nitrogens with zero attached hydrogens (tertiary/aromatic N) is 1. The Balaban J connectivity index is 1.89. The summed E-state index contributed by atoms with van der Waals surface area (Å²) >= 11 is 0. The standard InChI is InChI=1S/C19H21NO6/c1-10-7-14(17-11(2)12(3)19(24)26-15(17)8-10)25-9-16(21)20-6-4-5-13(20)18(22)23/h7-8,13H,4-6,9H2,1-3H3,(H,22,23)/p-1/t13-/m0/s1. The zero-order valence-corrected chi connectivity index (χ0v) is 15.0. The summed E-state index contributed by atoms with van der Waals surface area (Å²) in [5.74, 6) is -1.22. The lowest BCUT2D eigenvalue weighted by molar-refractivity contribution is -0.310. The lowest BCUT2D eigenvalue weighted by Crippen LogP contribution is -2.48. The number of rotatable bonds is 4. The van der Waals surface area contributed by atoms with Gasteiger partial charge >= 0.3 is 5.63 Å². The number of fused-ring (bicyclic) bond motifs is 1. The number of carboxylic acid groups (broad SMARTS) is 1. The lowest BCUT2D eigenvalue weighted by Gasteiger charge is -2.25. The van der Waals surface area contributed by atoms with Gasteiger partial charge in [-0.2, -0.15) is 0 Å². The minimum absolute atomic E-state index is 0.292. The van der Waals surface area contributed by atoms with Gasteiger partial charge in [0, 0.05) is 12.1 Å². The number of carbonyl (C=O) groups excluding carboxylic acids is 2. The first-order valence-corrected chi connectivity index (χ1v) is 8.47. The number of ether oxygens (including phenoxy) is 1. The number of carboxylic acids is 1. The number of hydrogen-bond donors (Lipinski definition) is 0. The average Bonchev–Trinajstić information content (AvgIpc) is 3.07. The van der Waals surface area contributed by atoms with Gasteiger partial charge in [-0.1, -0.05) is 0 Å². The molecule has 3 rings (SSSR count). The maximum Gasteiger partial charge on any atom is 0.339 e. The Bertz CT molecular complexity index is 945. The van der Waals surface area contributed by atoms with Crippen LogP contribution >= 0.6 is 0 Å². The summed E-state index contributed by atoms with van der Waals surface area (Å²) in [6.45, 7) is 5.38. The third kappa shape index (κ3) is 3.16. The number of carbonyl (C=O) groups is 2. The van der Waals surface area contributed by atoms with E-state index in [1.54, 1.807) is 26.0 Å². The van der Waals surface area contributed by atoms with E-state index in [1.807, 2.05) is 6.92 Å². The van der Waals surface area contributed by atoms with Gasteiger partial charge in [0.1, 0.15) is 11.3 Å². The number of benzene rings is 1. The molecule has 2 aromatic rings. The molecule has 138 valence electrons. The van der Waals surface area contributed by atoms with Gasteiger partial charge in [0.25, 0.3) is 5.91 Å². The number of aliphatic carboxylic acids is 1. The molecule has 1 saturated heterocycles. The van der Waals surface area contributed by atoms with E-state index in [-0.39, 0.29) is 6.61 Å². The molecule has 1 aromatic heterocycles. The van der Waals surface area contributed by atoms with Crippen LogP contribution in [0.4, 0.5) is 0 Å². The van der Waals surface area contributed by atoms with E-state index >= 15 is 0 Å². The van der Waals surface area contributed by atoms with Crippen molar-refractivity contribution >= 4 is 22.8 Å². The zero-order chi connectivity index (χ0) is 19.0. The van der Waals surface area contributed by atoms with Crippen molar-refractivity contribution in [2.24, 2.45) is 0 Å². The fourth-order valence-corrected chi connectivity index (χ4v) is 3.33. The molecule has 1 aliphatic heterocycles. The SMILES string of the molecule is Cc1cc(OCC(=O)N2CCC[C@H]2C(=O)[O-])c2c(C)c(C)c(=O)oc2c1. The fourth-order valence-electron chi connectivity index (χ4n) is 3.33. The van der Waals surface area contributed by atoms with Crippen molar-refractivity contribution in [1.29, 1.82) is 0 Å². The summed E-state index contributed by atoms with van der Waals surface area (Å²) in [6.07, 6.45) is 1.02. The average molecular weight is 358 g/mol. The number of aryl methyl sites for hydroxylation is 2. The Labute approximate surface area is 150 Å². The van der Waals surface area contributed by atoms with Crippen LogP contribution in [0.1, 0.15) is 29.5 Å². The first-order chi connectivity index (χ1) is 12.3. The van der Waals surface area contributed by atoms with Crippen LogP contribution in [0.3, 0.4) is 0 Å². The highest BCUT2D eigenvalue weighted by Crippen LogP contribution is 2.31. The van der Waals surface area contributed by atoms with Crippen molar-refractivity contribution in [3.05, 3.63) is 39.2 Å². The molecule has 7 nitrogen and oxygen atoms in total. The van der Waals surface area contributed by atoms with Crippen molar-refractivity contribution < 1.29 is 23.8 Å². The van der Waals surface area contributed by atoms with Crippen LogP contribution < -0.4 is 15.5 Å². The molecule has 2 heterocycles. The summed E-state index contributed by atoms with van der Waals surface area (Å²) in [7, 11) is 0. The van der Waals surface area contributed by atoms with Crippen LogP contribution in [-0.2, 0) is 9.59 Å². The Morgan fingerprint density at radius 3 is 2.69 bits per heavy atom. The summed E-state index contributed by atoms with van der Waals surface area (Å²) in [4.78, 5) is 36.7. The van der Waals surface area contributed by atoms with Crippen molar-refractivity contribution in [1.82, 2.24) is 4.90 Å². The van der Waals surface area contributed by atoms with Gasteiger partial charge in [-0.15, -0.1) is 0 Å². The van der Waals surface area contributed by atoms with Crippen LogP contribution in [0.15, 0.2) is 21.3 Å². The molecule has 0 N–H and O–H groups in total. The van der Waals surface area contributed by atoms with E-state index in [2.05, 4.69) is 0 Å². The van der Waals surface area contributed by atoms with Crippen LogP contribution in [0.25, 0.3) is 11.0 Å². The predicted molar refractivity (Wildman–Crippen MR) is 91.9 cm³/mol. The number of hydrogen-bond acceptors (Lipinski definition) is 6. The summed E-state index contributed by atoms with van der Waals surface area (Å²) in [6, 6.07) is 2.61. The highest BCUT2D eigenvalue weighted by molar-refractivity contribution is 5.89. The normalized spacial score (nSPS) is 16.9. The largest absolute Gasteiger partial charge is 0.548 e. The van der Waals surface area contributed by atoms with E-state index in [1.165, 1.54) is 4.90 Å². The molecule has 1 fully saturated rings. The van der Waals surface area contributed by atoms with Gasteiger partial charge in [0.15, 0.2) is 6.61 Å². The summed E-state index contributed by atoms with van der Waals surface area (Å²) in [5, 5.41) is 11.8. The molecule has 0 radical (unpaired) electrons. The van der Waals surface area contributed by atoms with Crippen LogP contribution in [0.2, 0.25) is 0 Å². The van der Waals surface area contributed by atoms with Crippen LogP contribution in [-0.4, -0.2) is 36.0 Å². The number of likely N-dealkylation sites (tertiary alicyclic amines) is 1. The molecule has 0 saturated carbocycles. The van der Waals surface area contributed by atoms with Crippen molar-refractivity contribution in [3.63, 3.8) is 0 Å². The van der Waals surface area contributed by atoms with Crippen molar-refractivity contribution in [2.45, 2.75) is 39.7 Å². The Hall–Kier alpha value is -2.83. The molecule has 1 amide bonds. The highest BCUT2D eigenvalue weighted by Gasteiger charge is 2.29. The highest BCUT2D eigenvalue weighted by atomic mass is 16.5. The number of amides is 1. The minimum Gasteiger partial charge on any atom is -0.548 e. The first kappa shape index (κ1) is 18.0. The third-order valence-electron chi connectivity index (χ3n) is 4.85. The molecular formula is C19H20NO6-. The third-order valence-corrected chi connectivity index (χ3v) is 4.85. The molecule has 1 atom stereocenters. The van der Waals surface area contributed by atoms with Gasteiger partial charge in [-0.3, -0.25) is 4.79 Å². The topological polar surface area (TPSA) is 99.9 Å². The van der Waals surface area contributed by atoms with Gasteiger partial charge < -0.3 is 24.0 Å². The second-order valence-electron chi connectivity index (χ2n) is 6.63. The van der Waals surface area contributed by atoms with E-state index in [0.29, 0.717) is 41.7 Å². The van der Waals surface area contributed by atoms with Crippen LogP contribution in [0.5, 0.6) is 5.75 Å². The fraction of sp³-hybridized carbons (Fsp3) is 0.421. The molecule has 0 spiro atoms. The maximum atomic E-state index is 12.4. The molecule has 0 aliphatic carbocycles. The van der Waals surface area contributed by atoms with Gasteiger partial charge in [-0.05, 0) is 56.9 Å². The van der Waals surface area contributed by atoms with Gasteiger partial charge in [0.05, 0.1) is 17.4 Å². The molecule has 1 aliphatic rings. The second-order valence-corrected chi connectivity index (χ2v) is 6.63. The summed E-state index contributed by atoms with van der Waals surface area (Å²) in [5.41, 5.74) is 2.02.